The third-order valence-electron chi connectivity index (χ3n) is 4.63. The lowest BCUT2D eigenvalue weighted by molar-refractivity contribution is -0.428. The van der Waals surface area contributed by atoms with Gasteiger partial charge in [-0.2, -0.15) is 0 Å². The van der Waals surface area contributed by atoms with Gasteiger partial charge in [0.1, 0.15) is 6.61 Å². The number of dihydropyridines is 1. The van der Waals surface area contributed by atoms with Gasteiger partial charge in [-0.1, -0.05) is 12.1 Å². The summed E-state index contributed by atoms with van der Waals surface area (Å²) in [4.78, 5) is 37.8. The molecule has 0 fully saturated rings. The molecule has 162 valence electrons. The van der Waals surface area contributed by atoms with Crippen molar-refractivity contribution in [3.8, 4) is 0 Å². The maximum absolute atomic E-state index is 13.0. The van der Waals surface area contributed by atoms with Crippen LogP contribution in [-0.4, -0.2) is 50.2 Å². The molecule has 0 amide bonds. The van der Waals surface area contributed by atoms with E-state index in [0.29, 0.717) is 28.2 Å². The number of allylic oxidation sites excluding steroid dienone is 2. The summed E-state index contributed by atoms with van der Waals surface area (Å²) < 4.78 is 16.5. The molecule has 2 rings (SSSR count). The zero-order valence-electron chi connectivity index (χ0n) is 18.3. The van der Waals surface area contributed by atoms with Crippen LogP contribution in [0.2, 0.25) is 0 Å². The van der Waals surface area contributed by atoms with Crippen LogP contribution in [-0.2, 0) is 23.8 Å². The summed E-state index contributed by atoms with van der Waals surface area (Å²) in [5.74, 6) is -1.84. The highest BCUT2D eigenvalue weighted by atomic mass is 16.6. The molecule has 1 aliphatic rings. The number of carbonyl (C=O) groups is 2. The van der Waals surface area contributed by atoms with Gasteiger partial charge in [0.15, 0.2) is 7.05 Å². The number of benzene rings is 1. The van der Waals surface area contributed by atoms with Crippen molar-refractivity contribution < 1.29 is 28.6 Å². The Balaban J connectivity index is 2.60. The monoisotopic (exact) mass is 417 g/mol. The number of nitrogens with zero attached hydrogens (tertiary/aromatic N) is 1. The van der Waals surface area contributed by atoms with Gasteiger partial charge in [-0.05, 0) is 33.3 Å². The van der Waals surface area contributed by atoms with Crippen LogP contribution in [0.3, 0.4) is 0 Å². The normalized spacial score (nSPS) is 16.4. The predicted octanol–water partition coefficient (Wildman–Crippen LogP) is 3.10. The maximum Gasteiger partial charge on any atom is 0.337 e. The first kappa shape index (κ1) is 23.3. The molecule has 8 nitrogen and oxygen atoms in total. The van der Waals surface area contributed by atoms with E-state index in [9.17, 15) is 14.5 Å². The van der Waals surface area contributed by atoms with E-state index in [1.165, 1.54) is 14.2 Å². The van der Waals surface area contributed by atoms with Crippen LogP contribution < -0.4 is 5.32 Å². The van der Waals surface area contributed by atoms with E-state index in [1.54, 1.807) is 52.0 Å². The molecule has 0 bridgehead atoms. The fourth-order valence-electron chi connectivity index (χ4n) is 3.34. The first-order chi connectivity index (χ1) is 14.2. The molecule has 1 heterocycles. The van der Waals surface area contributed by atoms with Crippen LogP contribution >= 0.6 is 0 Å². The van der Waals surface area contributed by atoms with Gasteiger partial charge in [0.2, 0.25) is 0 Å². The molecule has 30 heavy (non-hydrogen) atoms. The lowest BCUT2D eigenvalue weighted by atomic mass is 9.80. The van der Waals surface area contributed by atoms with Crippen LogP contribution in [0.5, 0.6) is 0 Å². The van der Waals surface area contributed by atoms with Crippen LogP contribution in [0.4, 0.5) is 5.69 Å². The van der Waals surface area contributed by atoms with Crippen molar-refractivity contribution in [1.29, 1.82) is 0 Å². The van der Waals surface area contributed by atoms with Crippen LogP contribution in [0.15, 0.2) is 46.8 Å². The minimum absolute atomic E-state index is 0.0800. The molecule has 8 heteroatoms. The summed E-state index contributed by atoms with van der Waals surface area (Å²) >= 11 is 0. The number of ether oxygens (including phenoxy) is 3. The first-order valence-corrected chi connectivity index (χ1v) is 9.73. The molecule has 0 spiro atoms. The average molecular weight is 417 g/mol. The van der Waals surface area contributed by atoms with Crippen molar-refractivity contribution in [3.63, 3.8) is 0 Å². The molecule has 1 atom stereocenters. The summed E-state index contributed by atoms with van der Waals surface area (Å²) in [6, 6.07) is 6.81. The maximum atomic E-state index is 13.0. The predicted molar refractivity (Wildman–Crippen MR) is 111 cm³/mol. The SMILES string of the molecule is COCCOC(=O)C1=C(C)NC(C)=C(C(=O)OC(C)C)C1c1cccc([N+](C)=O)c1. The summed E-state index contributed by atoms with van der Waals surface area (Å²) in [6.45, 7) is 7.35. The average Bonchev–Trinajstić information content (AvgIpc) is 2.66. The summed E-state index contributed by atoms with van der Waals surface area (Å²) in [6.07, 6.45) is -0.332. The van der Waals surface area contributed by atoms with E-state index in [2.05, 4.69) is 5.32 Å². The van der Waals surface area contributed by atoms with E-state index in [-0.39, 0.29) is 24.9 Å². The van der Waals surface area contributed by atoms with Crippen LogP contribution in [0.1, 0.15) is 39.2 Å². The van der Waals surface area contributed by atoms with E-state index in [4.69, 9.17) is 14.2 Å². The minimum Gasteiger partial charge on any atom is -0.460 e. The van der Waals surface area contributed by atoms with Gasteiger partial charge in [0, 0.05) is 40.3 Å². The number of esters is 2. The number of hydrogen-bond acceptors (Lipinski definition) is 7. The van der Waals surface area contributed by atoms with Gasteiger partial charge in [-0.25, -0.2) is 9.59 Å². The van der Waals surface area contributed by atoms with Crippen molar-refractivity contribution in [2.75, 3.05) is 27.4 Å². The van der Waals surface area contributed by atoms with Crippen LogP contribution in [0.25, 0.3) is 0 Å². The van der Waals surface area contributed by atoms with Gasteiger partial charge in [-0.3, -0.25) is 0 Å². The lowest BCUT2D eigenvalue weighted by Gasteiger charge is -2.30. The number of nitrogens with one attached hydrogen (secondary N) is 1. The second-order valence-electron chi connectivity index (χ2n) is 7.31. The Morgan fingerprint density at radius 1 is 1.10 bits per heavy atom. The molecule has 0 saturated heterocycles. The lowest BCUT2D eigenvalue weighted by Crippen LogP contribution is -2.33. The quantitative estimate of drug-likeness (QED) is 0.395. The van der Waals surface area contributed by atoms with Gasteiger partial charge in [0.25, 0.3) is 5.69 Å². The molecule has 1 aliphatic heterocycles. The fraction of sp³-hybridized carbons (Fsp3) is 0.455. The molecular weight excluding hydrogens is 388 g/mol. The largest absolute Gasteiger partial charge is 0.460 e. The molecule has 0 radical (unpaired) electrons. The topological polar surface area (TPSA) is 93.9 Å². The van der Waals surface area contributed by atoms with Crippen molar-refractivity contribution in [2.45, 2.75) is 39.7 Å². The summed E-state index contributed by atoms with van der Waals surface area (Å²) in [5.41, 5.74) is 2.77. The zero-order valence-corrected chi connectivity index (χ0v) is 18.3. The highest BCUT2D eigenvalue weighted by molar-refractivity contribution is 6.00. The highest BCUT2D eigenvalue weighted by Crippen LogP contribution is 2.40. The number of methoxy groups -OCH3 is 1. The van der Waals surface area contributed by atoms with Gasteiger partial charge < -0.3 is 19.5 Å². The second kappa shape index (κ2) is 10.2. The number of rotatable bonds is 8. The third-order valence-corrected chi connectivity index (χ3v) is 4.63. The molecule has 0 aromatic heterocycles. The Bertz CT molecular complexity index is 901. The minimum atomic E-state index is -0.743. The Morgan fingerprint density at radius 2 is 1.73 bits per heavy atom. The number of carbonyl (C=O) groups excluding carboxylic acids is 2. The Labute approximate surface area is 176 Å². The van der Waals surface area contributed by atoms with Gasteiger partial charge in [-0.15, -0.1) is 0 Å². The molecule has 1 unspecified atom stereocenters. The Kier molecular flexibility index (Phi) is 7.88. The molecule has 1 N–H and O–H groups in total. The number of nitroso groups, excluding NO2 is 1. The van der Waals surface area contributed by atoms with E-state index in [1.807, 2.05) is 0 Å². The van der Waals surface area contributed by atoms with Crippen LogP contribution in [0, 0.1) is 4.91 Å². The zero-order chi connectivity index (χ0) is 22.4. The smallest absolute Gasteiger partial charge is 0.337 e. The summed E-state index contributed by atoms with van der Waals surface area (Å²) in [5, 5.41) is 3.10. The Morgan fingerprint density at radius 3 is 2.30 bits per heavy atom. The molecule has 1 aromatic carbocycles. The van der Waals surface area contributed by atoms with Crippen molar-refractivity contribution >= 4 is 17.6 Å². The van der Waals surface area contributed by atoms with Crippen molar-refractivity contribution in [1.82, 2.24) is 5.32 Å². The van der Waals surface area contributed by atoms with E-state index in [0.717, 1.165) is 4.76 Å². The van der Waals surface area contributed by atoms with E-state index >= 15 is 0 Å². The summed E-state index contributed by atoms with van der Waals surface area (Å²) in [7, 11) is 2.90. The fourth-order valence-corrected chi connectivity index (χ4v) is 3.34. The second-order valence-corrected chi connectivity index (χ2v) is 7.31. The van der Waals surface area contributed by atoms with E-state index < -0.39 is 17.9 Å². The molecule has 0 saturated carbocycles. The van der Waals surface area contributed by atoms with Crippen molar-refractivity contribution in [2.24, 2.45) is 0 Å². The molecule has 0 aliphatic carbocycles. The molecule has 1 aromatic rings. The third kappa shape index (κ3) is 5.33. The Hall–Kier alpha value is -3.00. The standard InChI is InChI=1S/C22H28N2O6/c1-13(2)30-22(26)19-15(4)23-14(3)18(21(25)29-11-10-28-6)20(19)16-8-7-9-17(12-16)24(5)27/h7-9,12-13,20H,10-11H2,1-6H3/p+1. The highest BCUT2D eigenvalue weighted by Gasteiger charge is 2.38. The van der Waals surface area contributed by atoms with Gasteiger partial charge >= 0.3 is 11.9 Å². The first-order valence-electron chi connectivity index (χ1n) is 9.73. The number of hydrogen-bond donors (Lipinski definition) is 1. The molecular formula is C22H29N2O6+. The van der Waals surface area contributed by atoms with Gasteiger partial charge in [0.05, 0.1) is 29.8 Å². The van der Waals surface area contributed by atoms with Crippen molar-refractivity contribution in [3.05, 3.63) is 57.3 Å².